The van der Waals surface area contributed by atoms with Gasteiger partial charge in [-0.2, -0.15) is 0 Å². The molecular formula is C25H42N2O8. The van der Waals surface area contributed by atoms with Gasteiger partial charge in [0.25, 0.3) is 5.56 Å². The fraction of sp³-hybridized carbons (Fsp3) is 0.800. The van der Waals surface area contributed by atoms with E-state index in [9.17, 15) is 24.6 Å². The van der Waals surface area contributed by atoms with Gasteiger partial charge in [0.15, 0.2) is 6.23 Å². The Labute approximate surface area is 206 Å². The van der Waals surface area contributed by atoms with Crippen molar-refractivity contribution in [2.24, 2.45) is 0 Å². The molecule has 0 aromatic carbocycles. The summed E-state index contributed by atoms with van der Waals surface area (Å²) in [5, 5.41) is 19.9. The first-order valence-corrected chi connectivity index (χ1v) is 13.0. The molecule has 35 heavy (non-hydrogen) atoms. The highest BCUT2D eigenvalue weighted by atomic mass is 16.6. The average Bonchev–Trinajstić information content (AvgIpc) is 3.14. The number of aliphatic hydroxyl groups is 2. The van der Waals surface area contributed by atoms with E-state index < -0.39 is 42.4 Å². The molecule has 10 heteroatoms. The second-order valence-electron chi connectivity index (χ2n) is 9.04. The van der Waals surface area contributed by atoms with Gasteiger partial charge >= 0.3 is 11.7 Å². The molecule has 0 spiro atoms. The minimum Gasteiger partial charge on any atom is -0.466 e. The number of aliphatic hydroxyl groups excluding tert-OH is 2. The summed E-state index contributed by atoms with van der Waals surface area (Å²) >= 11 is 0. The number of nitrogens with one attached hydrogen (secondary N) is 1. The average molecular weight is 499 g/mol. The van der Waals surface area contributed by atoms with Crippen molar-refractivity contribution >= 4 is 5.97 Å². The number of carbonyl (C=O) groups is 1. The van der Waals surface area contributed by atoms with Gasteiger partial charge in [-0.3, -0.25) is 19.1 Å². The number of aromatic amines is 1. The lowest BCUT2D eigenvalue weighted by Gasteiger charge is -2.22. The Bertz CT molecular complexity index is 839. The topological polar surface area (TPSA) is 140 Å². The molecule has 200 valence electrons. The number of aromatic nitrogens is 2. The molecule has 2 unspecified atom stereocenters. The van der Waals surface area contributed by atoms with Crippen LogP contribution in [-0.4, -0.2) is 63.9 Å². The van der Waals surface area contributed by atoms with E-state index in [1.165, 1.54) is 48.9 Å². The molecule has 0 radical (unpaired) electrons. The summed E-state index contributed by atoms with van der Waals surface area (Å²) in [6.45, 7) is 2.29. The SMILES string of the molecule is CCOC(=O)CCCCCCCCCCCCCOC1C(O)[C@@H](CO)O[C@H]1n1ccc(=O)[nH]c1=O. The fourth-order valence-corrected chi connectivity index (χ4v) is 4.32. The van der Waals surface area contributed by atoms with Crippen molar-refractivity contribution in [1.82, 2.24) is 9.55 Å². The van der Waals surface area contributed by atoms with E-state index in [2.05, 4.69) is 4.98 Å². The number of H-pyrrole nitrogens is 1. The maximum Gasteiger partial charge on any atom is 0.330 e. The molecule has 1 aliphatic heterocycles. The van der Waals surface area contributed by atoms with Crippen LogP contribution in [0.5, 0.6) is 0 Å². The van der Waals surface area contributed by atoms with Crippen LogP contribution in [-0.2, 0) is 19.0 Å². The molecule has 10 nitrogen and oxygen atoms in total. The van der Waals surface area contributed by atoms with Gasteiger partial charge < -0.3 is 24.4 Å². The van der Waals surface area contributed by atoms with Crippen molar-refractivity contribution in [3.8, 4) is 0 Å². The monoisotopic (exact) mass is 498 g/mol. The van der Waals surface area contributed by atoms with Gasteiger partial charge in [0, 0.05) is 25.3 Å². The number of ether oxygens (including phenoxy) is 3. The highest BCUT2D eigenvalue weighted by Gasteiger charge is 2.45. The first kappa shape index (κ1) is 29.2. The predicted octanol–water partition coefficient (Wildman–Crippen LogP) is 2.42. The van der Waals surface area contributed by atoms with Gasteiger partial charge in [-0.05, 0) is 19.8 Å². The van der Waals surface area contributed by atoms with E-state index in [4.69, 9.17) is 14.2 Å². The highest BCUT2D eigenvalue weighted by Crippen LogP contribution is 2.30. The Morgan fingerprint density at radius 1 is 1.03 bits per heavy atom. The number of carbonyl (C=O) groups excluding carboxylic acids is 1. The van der Waals surface area contributed by atoms with Crippen molar-refractivity contribution in [2.45, 2.75) is 109 Å². The lowest BCUT2D eigenvalue weighted by atomic mass is 10.1. The lowest BCUT2D eigenvalue weighted by Crippen LogP contribution is -2.39. The van der Waals surface area contributed by atoms with Crippen LogP contribution in [0.15, 0.2) is 21.9 Å². The molecule has 4 atom stereocenters. The van der Waals surface area contributed by atoms with Gasteiger partial charge in [0.2, 0.25) is 0 Å². The van der Waals surface area contributed by atoms with Crippen LogP contribution in [0, 0.1) is 0 Å². The van der Waals surface area contributed by atoms with Crippen LogP contribution < -0.4 is 11.2 Å². The lowest BCUT2D eigenvalue weighted by molar-refractivity contribution is -0.143. The molecule has 1 fully saturated rings. The number of hydrogen-bond acceptors (Lipinski definition) is 8. The molecule has 2 heterocycles. The number of esters is 1. The summed E-state index contributed by atoms with van der Waals surface area (Å²) in [5.41, 5.74) is -1.18. The molecule has 1 aliphatic rings. The zero-order valence-corrected chi connectivity index (χ0v) is 20.9. The quantitative estimate of drug-likeness (QED) is 0.207. The minimum atomic E-state index is -1.08. The second kappa shape index (κ2) is 16.6. The first-order valence-electron chi connectivity index (χ1n) is 13.0. The van der Waals surface area contributed by atoms with Crippen molar-refractivity contribution in [3.05, 3.63) is 33.1 Å². The van der Waals surface area contributed by atoms with Gasteiger partial charge in [-0.25, -0.2) is 4.79 Å². The summed E-state index contributed by atoms with van der Waals surface area (Å²) in [4.78, 5) is 36.9. The maximum absolute atomic E-state index is 12.1. The molecule has 1 aromatic heterocycles. The first-order chi connectivity index (χ1) is 17.0. The third kappa shape index (κ3) is 10.2. The smallest absolute Gasteiger partial charge is 0.330 e. The van der Waals surface area contributed by atoms with Gasteiger partial charge in [0.1, 0.15) is 18.3 Å². The molecule has 0 saturated carbocycles. The Morgan fingerprint density at radius 3 is 2.20 bits per heavy atom. The summed E-state index contributed by atoms with van der Waals surface area (Å²) < 4.78 is 17.6. The van der Waals surface area contributed by atoms with E-state index >= 15 is 0 Å². The largest absolute Gasteiger partial charge is 0.466 e. The molecule has 3 N–H and O–H groups in total. The van der Waals surface area contributed by atoms with Gasteiger partial charge in [-0.1, -0.05) is 57.8 Å². The predicted molar refractivity (Wildman–Crippen MR) is 130 cm³/mol. The standard InChI is InChI=1S/C25H42N2O8/c1-2-33-21(30)14-12-10-8-6-4-3-5-7-9-11-13-17-34-23-22(31)19(18-28)35-24(23)27-16-15-20(29)26-25(27)32/h15-16,19,22-24,28,31H,2-14,17-18H2,1H3,(H,26,29,32)/t19-,22?,23?,24-/m1/s1. The Kier molecular flexibility index (Phi) is 13.9. The van der Waals surface area contributed by atoms with Crippen LogP contribution >= 0.6 is 0 Å². The molecule has 1 aromatic rings. The van der Waals surface area contributed by atoms with Crippen LogP contribution in [0.2, 0.25) is 0 Å². The minimum absolute atomic E-state index is 0.0935. The normalized spacial score (nSPS) is 21.9. The van der Waals surface area contributed by atoms with E-state index in [0.717, 1.165) is 38.5 Å². The summed E-state index contributed by atoms with van der Waals surface area (Å²) in [5.74, 6) is -0.0935. The van der Waals surface area contributed by atoms with Crippen LogP contribution in [0.25, 0.3) is 0 Å². The molecule has 1 saturated heterocycles. The molecule has 0 bridgehead atoms. The van der Waals surface area contributed by atoms with Gasteiger partial charge in [-0.15, -0.1) is 0 Å². The molecule has 0 aliphatic carbocycles. The van der Waals surface area contributed by atoms with Crippen LogP contribution in [0.1, 0.15) is 90.2 Å². The van der Waals surface area contributed by atoms with Crippen molar-refractivity contribution < 1.29 is 29.2 Å². The summed E-state index contributed by atoms with van der Waals surface area (Å²) in [7, 11) is 0. The molecular weight excluding hydrogens is 456 g/mol. The van der Waals surface area contributed by atoms with Crippen molar-refractivity contribution in [3.63, 3.8) is 0 Å². The van der Waals surface area contributed by atoms with Crippen LogP contribution in [0.4, 0.5) is 0 Å². The zero-order chi connectivity index (χ0) is 25.5. The Balaban J connectivity index is 1.54. The highest BCUT2D eigenvalue weighted by molar-refractivity contribution is 5.69. The van der Waals surface area contributed by atoms with Crippen molar-refractivity contribution in [1.29, 1.82) is 0 Å². The number of hydrogen-bond donors (Lipinski definition) is 3. The Hall–Kier alpha value is -2.01. The van der Waals surface area contributed by atoms with E-state index in [1.54, 1.807) is 0 Å². The molecule has 0 amide bonds. The van der Waals surface area contributed by atoms with Crippen LogP contribution in [0.3, 0.4) is 0 Å². The maximum atomic E-state index is 12.1. The summed E-state index contributed by atoms with van der Waals surface area (Å²) in [6.07, 6.45) is 10.3. The zero-order valence-electron chi connectivity index (χ0n) is 20.9. The number of rotatable bonds is 18. The third-order valence-corrected chi connectivity index (χ3v) is 6.26. The van der Waals surface area contributed by atoms with E-state index in [-0.39, 0.29) is 5.97 Å². The number of unbranched alkanes of at least 4 members (excludes halogenated alkanes) is 10. The van der Waals surface area contributed by atoms with Crippen molar-refractivity contribution in [2.75, 3.05) is 19.8 Å². The summed E-state index contributed by atoms with van der Waals surface area (Å²) in [6, 6.07) is 1.20. The fourth-order valence-electron chi connectivity index (χ4n) is 4.32. The van der Waals surface area contributed by atoms with Gasteiger partial charge in [0.05, 0.1) is 13.2 Å². The van der Waals surface area contributed by atoms with E-state index in [1.807, 2.05) is 6.92 Å². The second-order valence-corrected chi connectivity index (χ2v) is 9.04. The third-order valence-electron chi connectivity index (χ3n) is 6.26. The number of nitrogens with zero attached hydrogens (tertiary/aromatic N) is 1. The Morgan fingerprint density at radius 2 is 1.63 bits per heavy atom. The molecule has 2 rings (SSSR count). The van der Waals surface area contributed by atoms with E-state index in [0.29, 0.717) is 19.6 Å².